The number of carbonyl (C=O) groups excluding carboxylic acids is 2. The van der Waals surface area contributed by atoms with Gasteiger partial charge in [0.2, 0.25) is 5.91 Å². The molecular weight excluding hydrogens is 196 g/mol. The van der Waals surface area contributed by atoms with Gasteiger partial charge in [0, 0.05) is 11.4 Å². The zero-order valence-electron chi connectivity index (χ0n) is 7.99. The van der Waals surface area contributed by atoms with Crippen LogP contribution in [-0.4, -0.2) is 18.4 Å². The highest BCUT2D eigenvalue weighted by molar-refractivity contribution is 5.99. The van der Waals surface area contributed by atoms with Crippen molar-refractivity contribution in [2.75, 3.05) is 17.6 Å². The van der Waals surface area contributed by atoms with Gasteiger partial charge in [0.05, 0.1) is 12.1 Å². The molecule has 7 N–H and O–H groups in total. The number of nitrogens with one attached hydrogen (secondary N) is 1. The minimum atomic E-state index is -0.616. The summed E-state index contributed by atoms with van der Waals surface area (Å²) in [4.78, 5) is 21.4. The number of anilines is 2. The Balaban J connectivity index is 2.87. The molecule has 6 heteroatoms. The number of primary amides is 2. The Kier molecular flexibility index (Phi) is 3.12. The van der Waals surface area contributed by atoms with Crippen LogP contribution in [0.15, 0.2) is 18.2 Å². The molecule has 0 aromatic heterocycles. The Labute approximate surface area is 86.4 Å². The molecule has 1 aromatic carbocycles. The van der Waals surface area contributed by atoms with E-state index in [1.165, 1.54) is 12.1 Å². The largest absolute Gasteiger partial charge is 0.398 e. The Bertz CT molecular complexity index is 403. The second kappa shape index (κ2) is 4.32. The maximum atomic E-state index is 10.9. The van der Waals surface area contributed by atoms with Gasteiger partial charge in [0.1, 0.15) is 0 Å². The number of carbonyl (C=O) groups is 2. The van der Waals surface area contributed by atoms with Crippen LogP contribution in [0.25, 0.3) is 0 Å². The lowest BCUT2D eigenvalue weighted by molar-refractivity contribution is -0.116. The highest BCUT2D eigenvalue weighted by Crippen LogP contribution is 2.16. The van der Waals surface area contributed by atoms with Gasteiger partial charge >= 0.3 is 0 Å². The van der Waals surface area contributed by atoms with E-state index in [1.807, 2.05) is 0 Å². The Morgan fingerprint density at radius 2 is 1.93 bits per heavy atom. The van der Waals surface area contributed by atoms with Crippen LogP contribution in [0.1, 0.15) is 10.4 Å². The van der Waals surface area contributed by atoms with Crippen molar-refractivity contribution in [3.63, 3.8) is 0 Å². The normalized spacial score (nSPS) is 9.60. The van der Waals surface area contributed by atoms with Crippen molar-refractivity contribution >= 4 is 23.2 Å². The van der Waals surface area contributed by atoms with Gasteiger partial charge in [0.25, 0.3) is 5.91 Å². The SMILES string of the molecule is NC(=O)CNc1ccc(N)c(C(N)=O)c1. The summed E-state index contributed by atoms with van der Waals surface area (Å²) in [5.41, 5.74) is 16.7. The maximum absolute atomic E-state index is 10.9. The van der Waals surface area contributed by atoms with Crippen molar-refractivity contribution in [2.45, 2.75) is 0 Å². The van der Waals surface area contributed by atoms with Gasteiger partial charge in [-0.05, 0) is 18.2 Å². The van der Waals surface area contributed by atoms with Crippen LogP contribution in [0.3, 0.4) is 0 Å². The van der Waals surface area contributed by atoms with E-state index in [0.29, 0.717) is 11.4 Å². The highest BCUT2D eigenvalue weighted by Gasteiger charge is 2.06. The minimum absolute atomic E-state index is 0.0118. The summed E-state index contributed by atoms with van der Waals surface area (Å²) >= 11 is 0. The molecule has 0 unspecified atom stereocenters. The molecule has 2 amide bonds. The summed E-state index contributed by atoms with van der Waals surface area (Å²) in [6, 6.07) is 4.63. The van der Waals surface area contributed by atoms with E-state index in [2.05, 4.69) is 5.32 Å². The van der Waals surface area contributed by atoms with Crippen LogP contribution in [0.5, 0.6) is 0 Å². The number of nitrogen functional groups attached to an aromatic ring is 1. The second-order valence-electron chi connectivity index (χ2n) is 2.99. The Morgan fingerprint density at radius 3 is 2.47 bits per heavy atom. The second-order valence-corrected chi connectivity index (χ2v) is 2.99. The predicted molar refractivity (Wildman–Crippen MR) is 57.1 cm³/mol. The smallest absolute Gasteiger partial charge is 0.250 e. The molecule has 1 aromatic rings. The molecule has 0 bridgehead atoms. The molecule has 80 valence electrons. The van der Waals surface area contributed by atoms with E-state index in [1.54, 1.807) is 6.07 Å². The van der Waals surface area contributed by atoms with Crippen molar-refractivity contribution in [2.24, 2.45) is 11.5 Å². The molecule has 0 aliphatic rings. The van der Waals surface area contributed by atoms with Crippen molar-refractivity contribution in [1.82, 2.24) is 0 Å². The number of rotatable bonds is 4. The standard InChI is InChI=1S/C9H12N4O2/c10-7-2-1-5(13-4-8(11)14)3-6(7)9(12)15/h1-3,13H,4,10H2,(H2,11,14)(H2,12,15). The summed E-state index contributed by atoms with van der Waals surface area (Å²) in [5.74, 6) is -1.11. The molecule has 0 aliphatic carbocycles. The molecule has 1 rings (SSSR count). The number of hydrogen-bond acceptors (Lipinski definition) is 4. The third-order valence-electron chi connectivity index (χ3n) is 1.79. The molecule has 0 heterocycles. The summed E-state index contributed by atoms with van der Waals surface area (Å²) in [5, 5.41) is 2.73. The lowest BCUT2D eigenvalue weighted by atomic mass is 10.1. The lowest BCUT2D eigenvalue weighted by Crippen LogP contribution is -2.22. The summed E-state index contributed by atoms with van der Waals surface area (Å²) < 4.78 is 0. The number of amides is 2. The highest BCUT2D eigenvalue weighted by atomic mass is 16.1. The average Bonchev–Trinajstić information content (AvgIpc) is 2.16. The molecule has 15 heavy (non-hydrogen) atoms. The summed E-state index contributed by atoms with van der Waals surface area (Å²) in [7, 11) is 0. The van der Waals surface area contributed by atoms with Crippen molar-refractivity contribution in [1.29, 1.82) is 0 Å². The quantitative estimate of drug-likeness (QED) is 0.486. The fraction of sp³-hybridized carbons (Fsp3) is 0.111. The third kappa shape index (κ3) is 2.87. The van der Waals surface area contributed by atoms with E-state index < -0.39 is 11.8 Å². The van der Waals surface area contributed by atoms with Gasteiger partial charge in [-0.3, -0.25) is 9.59 Å². The lowest BCUT2D eigenvalue weighted by Gasteiger charge is -2.07. The van der Waals surface area contributed by atoms with E-state index >= 15 is 0 Å². The molecule has 0 saturated carbocycles. The average molecular weight is 208 g/mol. The first-order valence-electron chi connectivity index (χ1n) is 4.22. The van der Waals surface area contributed by atoms with Gasteiger partial charge in [0.15, 0.2) is 0 Å². The topological polar surface area (TPSA) is 124 Å². The zero-order chi connectivity index (χ0) is 11.4. The molecule has 0 saturated heterocycles. The van der Waals surface area contributed by atoms with E-state index in [4.69, 9.17) is 17.2 Å². The first kappa shape index (κ1) is 10.8. The van der Waals surface area contributed by atoms with Crippen LogP contribution < -0.4 is 22.5 Å². The van der Waals surface area contributed by atoms with Gasteiger partial charge < -0.3 is 22.5 Å². The van der Waals surface area contributed by atoms with Crippen LogP contribution >= 0.6 is 0 Å². The molecular formula is C9H12N4O2. The molecule has 0 aliphatic heterocycles. The van der Waals surface area contributed by atoms with Crippen LogP contribution in [-0.2, 0) is 4.79 Å². The van der Waals surface area contributed by atoms with Crippen molar-refractivity contribution in [3.8, 4) is 0 Å². The summed E-state index contributed by atoms with van der Waals surface area (Å²) in [6.07, 6.45) is 0. The third-order valence-corrected chi connectivity index (χ3v) is 1.79. The maximum Gasteiger partial charge on any atom is 0.250 e. The van der Waals surface area contributed by atoms with Crippen LogP contribution in [0.2, 0.25) is 0 Å². The van der Waals surface area contributed by atoms with Crippen LogP contribution in [0.4, 0.5) is 11.4 Å². The van der Waals surface area contributed by atoms with Crippen LogP contribution in [0, 0.1) is 0 Å². The van der Waals surface area contributed by atoms with E-state index in [-0.39, 0.29) is 12.1 Å². The number of benzene rings is 1. The first-order valence-corrected chi connectivity index (χ1v) is 4.22. The van der Waals surface area contributed by atoms with Crippen molar-refractivity contribution < 1.29 is 9.59 Å². The molecule has 0 fully saturated rings. The Morgan fingerprint density at radius 1 is 1.27 bits per heavy atom. The zero-order valence-corrected chi connectivity index (χ0v) is 7.99. The fourth-order valence-electron chi connectivity index (χ4n) is 1.07. The van der Waals surface area contributed by atoms with E-state index in [0.717, 1.165) is 0 Å². The Hall–Kier alpha value is -2.24. The molecule has 6 nitrogen and oxygen atoms in total. The molecule has 0 spiro atoms. The number of nitrogens with two attached hydrogens (primary N) is 3. The van der Waals surface area contributed by atoms with Gasteiger partial charge in [-0.2, -0.15) is 0 Å². The van der Waals surface area contributed by atoms with E-state index in [9.17, 15) is 9.59 Å². The van der Waals surface area contributed by atoms with Gasteiger partial charge in [-0.15, -0.1) is 0 Å². The van der Waals surface area contributed by atoms with Crippen molar-refractivity contribution in [3.05, 3.63) is 23.8 Å². The monoisotopic (exact) mass is 208 g/mol. The fourth-order valence-corrected chi connectivity index (χ4v) is 1.07. The predicted octanol–water partition coefficient (Wildman–Crippen LogP) is -0.735. The van der Waals surface area contributed by atoms with Gasteiger partial charge in [-0.1, -0.05) is 0 Å². The number of hydrogen-bond donors (Lipinski definition) is 4. The first-order chi connectivity index (χ1) is 7.00. The molecule has 0 atom stereocenters. The minimum Gasteiger partial charge on any atom is -0.398 e. The van der Waals surface area contributed by atoms with Gasteiger partial charge in [-0.25, -0.2) is 0 Å². The molecule has 0 radical (unpaired) electrons. The summed E-state index contributed by atoms with van der Waals surface area (Å²) in [6.45, 7) is -0.0118.